The van der Waals surface area contributed by atoms with Crippen molar-refractivity contribution in [1.29, 1.82) is 0 Å². The molecule has 0 radical (unpaired) electrons. The van der Waals surface area contributed by atoms with Crippen molar-refractivity contribution < 1.29 is 0 Å². The van der Waals surface area contributed by atoms with Gasteiger partial charge >= 0.3 is 0 Å². The maximum atomic E-state index is 4.63. The van der Waals surface area contributed by atoms with Crippen molar-refractivity contribution in [2.24, 2.45) is 0 Å². The third-order valence-corrected chi connectivity index (χ3v) is 4.25. The van der Waals surface area contributed by atoms with Gasteiger partial charge in [-0.3, -0.25) is 0 Å². The highest BCUT2D eigenvalue weighted by atomic mass is 79.9. The molecule has 1 aliphatic carbocycles. The highest BCUT2D eigenvalue weighted by Gasteiger charge is 2.27. The van der Waals surface area contributed by atoms with Crippen molar-refractivity contribution >= 4 is 27.7 Å². The Bertz CT molecular complexity index is 541. The second kappa shape index (κ2) is 5.41. The summed E-state index contributed by atoms with van der Waals surface area (Å²) in [5.74, 6) is 2.55. The fourth-order valence-corrected chi connectivity index (χ4v) is 3.15. The van der Waals surface area contributed by atoms with E-state index in [0.717, 1.165) is 21.2 Å². The first kappa shape index (κ1) is 12.2. The SMILES string of the molecule is Brc1cc(SCc2ccccc2)nc(C2CC2)n1. The van der Waals surface area contributed by atoms with E-state index in [9.17, 15) is 0 Å². The molecule has 0 atom stereocenters. The molecule has 0 spiro atoms. The summed E-state index contributed by atoms with van der Waals surface area (Å²) in [6.07, 6.45) is 2.47. The summed E-state index contributed by atoms with van der Waals surface area (Å²) in [6.45, 7) is 0. The molecule has 0 aliphatic heterocycles. The second-order valence-electron chi connectivity index (χ2n) is 4.44. The Hall–Kier alpha value is -0.870. The molecule has 18 heavy (non-hydrogen) atoms. The minimum atomic E-state index is 0.596. The van der Waals surface area contributed by atoms with Crippen molar-refractivity contribution in [2.75, 3.05) is 0 Å². The van der Waals surface area contributed by atoms with Gasteiger partial charge in [-0.25, -0.2) is 9.97 Å². The van der Waals surface area contributed by atoms with E-state index >= 15 is 0 Å². The number of rotatable bonds is 4. The minimum Gasteiger partial charge on any atom is -0.226 e. The molecule has 1 fully saturated rings. The number of benzene rings is 1. The van der Waals surface area contributed by atoms with E-state index in [0.29, 0.717) is 5.92 Å². The molecule has 2 aromatic rings. The molecular formula is C14H13BrN2S. The van der Waals surface area contributed by atoms with Gasteiger partial charge in [-0.1, -0.05) is 30.3 Å². The zero-order valence-corrected chi connectivity index (χ0v) is 12.2. The second-order valence-corrected chi connectivity index (χ2v) is 6.24. The van der Waals surface area contributed by atoms with E-state index < -0.39 is 0 Å². The molecule has 1 heterocycles. The van der Waals surface area contributed by atoms with Crippen LogP contribution in [-0.2, 0) is 5.75 Å². The molecule has 2 nitrogen and oxygen atoms in total. The van der Waals surface area contributed by atoms with Gasteiger partial charge < -0.3 is 0 Å². The van der Waals surface area contributed by atoms with Gasteiger partial charge in [-0.05, 0) is 34.3 Å². The van der Waals surface area contributed by atoms with Gasteiger partial charge in [0.25, 0.3) is 0 Å². The van der Waals surface area contributed by atoms with Gasteiger partial charge in [-0.15, -0.1) is 11.8 Å². The van der Waals surface area contributed by atoms with Crippen LogP contribution in [0, 0.1) is 0 Å². The third kappa shape index (κ3) is 3.12. The maximum Gasteiger partial charge on any atom is 0.134 e. The van der Waals surface area contributed by atoms with E-state index in [1.54, 1.807) is 11.8 Å². The first-order chi connectivity index (χ1) is 8.81. The Morgan fingerprint density at radius 3 is 2.67 bits per heavy atom. The fourth-order valence-electron chi connectivity index (χ4n) is 1.74. The Morgan fingerprint density at radius 2 is 1.94 bits per heavy atom. The van der Waals surface area contributed by atoms with Crippen LogP contribution >= 0.6 is 27.7 Å². The standard InChI is InChI=1S/C14H13BrN2S/c15-12-8-13(17-14(16-12)11-6-7-11)18-9-10-4-2-1-3-5-10/h1-5,8,11H,6-7,9H2. The molecule has 4 heteroatoms. The zero-order valence-electron chi connectivity index (χ0n) is 9.84. The van der Waals surface area contributed by atoms with Crippen LogP contribution in [0.4, 0.5) is 0 Å². The molecule has 0 saturated heterocycles. The maximum absolute atomic E-state index is 4.63. The van der Waals surface area contributed by atoms with E-state index in [2.05, 4.69) is 50.2 Å². The van der Waals surface area contributed by atoms with Crippen LogP contribution in [0.15, 0.2) is 46.0 Å². The lowest BCUT2D eigenvalue weighted by atomic mass is 10.2. The van der Waals surface area contributed by atoms with Gasteiger partial charge in [0.05, 0.1) is 0 Å². The Labute approximate surface area is 119 Å². The van der Waals surface area contributed by atoms with Crippen LogP contribution < -0.4 is 0 Å². The number of aromatic nitrogens is 2. The topological polar surface area (TPSA) is 25.8 Å². The van der Waals surface area contributed by atoms with Crippen molar-refractivity contribution in [2.45, 2.75) is 29.5 Å². The molecule has 0 unspecified atom stereocenters. The first-order valence-electron chi connectivity index (χ1n) is 6.02. The summed E-state index contributed by atoms with van der Waals surface area (Å²) in [5.41, 5.74) is 1.32. The monoisotopic (exact) mass is 320 g/mol. The smallest absolute Gasteiger partial charge is 0.134 e. The van der Waals surface area contributed by atoms with Gasteiger partial charge in [0.1, 0.15) is 15.5 Å². The van der Waals surface area contributed by atoms with Gasteiger partial charge in [0.2, 0.25) is 0 Å². The predicted molar refractivity (Wildman–Crippen MR) is 77.7 cm³/mol. The lowest BCUT2D eigenvalue weighted by Gasteiger charge is -2.04. The molecule has 1 aliphatic rings. The molecule has 92 valence electrons. The van der Waals surface area contributed by atoms with Crippen LogP contribution in [-0.4, -0.2) is 9.97 Å². The fraction of sp³-hybridized carbons (Fsp3) is 0.286. The van der Waals surface area contributed by atoms with Gasteiger partial charge in [0.15, 0.2) is 0 Å². The first-order valence-corrected chi connectivity index (χ1v) is 7.80. The Balaban J connectivity index is 1.72. The number of hydrogen-bond acceptors (Lipinski definition) is 3. The molecule has 1 aromatic carbocycles. The molecule has 1 saturated carbocycles. The van der Waals surface area contributed by atoms with Crippen LogP contribution in [0.3, 0.4) is 0 Å². The van der Waals surface area contributed by atoms with Crippen LogP contribution in [0.25, 0.3) is 0 Å². The molecule has 0 N–H and O–H groups in total. The number of thioether (sulfide) groups is 1. The number of nitrogens with zero attached hydrogens (tertiary/aromatic N) is 2. The van der Waals surface area contributed by atoms with Crippen LogP contribution in [0.1, 0.15) is 30.1 Å². The third-order valence-electron chi connectivity index (χ3n) is 2.86. The van der Waals surface area contributed by atoms with Crippen LogP contribution in [0.2, 0.25) is 0 Å². The average Bonchev–Trinajstić information content (AvgIpc) is 3.21. The van der Waals surface area contributed by atoms with E-state index in [1.165, 1.54) is 18.4 Å². The zero-order chi connectivity index (χ0) is 12.4. The van der Waals surface area contributed by atoms with Crippen molar-refractivity contribution in [3.05, 3.63) is 52.4 Å². The number of hydrogen-bond donors (Lipinski definition) is 0. The van der Waals surface area contributed by atoms with Gasteiger partial charge in [0, 0.05) is 17.7 Å². The summed E-state index contributed by atoms with van der Waals surface area (Å²) < 4.78 is 0.898. The Kier molecular flexibility index (Phi) is 3.66. The van der Waals surface area contributed by atoms with E-state index in [4.69, 9.17) is 0 Å². The van der Waals surface area contributed by atoms with E-state index in [1.807, 2.05) is 12.1 Å². The summed E-state index contributed by atoms with van der Waals surface area (Å²) in [6, 6.07) is 12.5. The lowest BCUT2D eigenvalue weighted by molar-refractivity contribution is 0.866. The van der Waals surface area contributed by atoms with Crippen molar-refractivity contribution in [1.82, 2.24) is 9.97 Å². The summed E-state index contributed by atoms with van der Waals surface area (Å²) in [4.78, 5) is 9.08. The molecule has 1 aromatic heterocycles. The van der Waals surface area contributed by atoms with Crippen molar-refractivity contribution in [3.8, 4) is 0 Å². The normalized spacial score (nSPS) is 14.7. The highest BCUT2D eigenvalue weighted by molar-refractivity contribution is 9.10. The number of halogens is 1. The van der Waals surface area contributed by atoms with Gasteiger partial charge in [-0.2, -0.15) is 0 Å². The summed E-state index contributed by atoms with van der Waals surface area (Å²) >= 11 is 5.24. The average molecular weight is 321 g/mol. The molecule has 0 bridgehead atoms. The summed E-state index contributed by atoms with van der Waals surface area (Å²) in [5, 5.41) is 1.06. The largest absolute Gasteiger partial charge is 0.226 e. The Morgan fingerprint density at radius 1 is 1.17 bits per heavy atom. The highest BCUT2D eigenvalue weighted by Crippen LogP contribution is 2.39. The van der Waals surface area contributed by atoms with E-state index in [-0.39, 0.29) is 0 Å². The quantitative estimate of drug-likeness (QED) is 0.616. The van der Waals surface area contributed by atoms with Crippen LogP contribution in [0.5, 0.6) is 0 Å². The molecular weight excluding hydrogens is 308 g/mol. The lowest BCUT2D eigenvalue weighted by Crippen LogP contribution is -1.94. The molecule has 3 rings (SSSR count). The summed E-state index contributed by atoms with van der Waals surface area (Å²) in [7, 11) is 0. The predicted octanol–water partition coefficient (Wildman–Crippen LogP) is 4.41. The van der Waals surface area contributed by atoms with Crippen molar-refractivity contribution in [3.63, 3.8) is 0 Å². The molecule has 0 amide bonds. The minimum absolute atomic E-state index is 0.596.